The summed E-state index contributed by atoms with van der Waals surface area (Å²) in [7, 11) is 0. The highest BCUT2D eigenvalue weighted by Gasteiger charge is 2.26. The van der Waals surface area contributed by atoms with Gasteiger partial charge in [-0.3, -0.25) is 0 Å². The lowest BCUT2D eigenvalue weighted by Crippen LogP contribution is -2.38. The zero-order valence-electron chi connectivity index (χ0n) is 15.1. The van der Waals surface area contributed by atoms with E-state index in [2.05, 4.69) is 5.32 Å². The quantitative estimate of drug-likeness (QED) is 0.727. The van der Waals surface area contributed by atoms with Crippen LogP contribution in [-0.4, -0.2) is 24.1 Å². The van der Waals surface area contributed by atoms with Crippen LogP contribution < -0.4 is 10.1 Å². The molecule has 2 aromatic carbocycles. The van der Waals surface area contributed by atoms with Crippen LogP contribution >= 0.6 is 11.6 Å². The van der Waals surface area contributed by atoms with E-state index in [4.69, 9.17) is 16.3 Å². The first-order valence-corrected chi connectivity index (χ1v) is 9.61. The van der Waals surface area contributed by atoms with Gasteiger partial charge in [0.25, 0.3) is 0 Å². The molecule has 0 bridgehead atoms. The van der Waals surface area contributed by atoms with Gasteiger partial charge < -0.3 is 15.0 Å². The number of amides is 2. The molecule has 1 fully saturated rings. The fourth-order valence-electron chi connectivity index (χ4n) is 3.38. The van der Waals surface area contributed by atoms with Crippen molar-refractivity contribution in [2.45, 2.75) is 38.6 Å². The molecular formula is C21H25ClN2O2. The third-order valence-corrected chi connectivity index (χ3v) is 4.94. The van der Waals surface area contributed by atoms with Crippen molar-refractivity contribution in [1.82, 2.24) is 4.90 Å². The van der Waals surface area contributed by atoms with Crippen molar-refractivity contribution in [3.8, 4) is 5.75 Å². The molecule has 26 heavy (non-hydrogen) atoms. The summed E-state index contributed by atoms with van der Waals surface area (Å²) in [6.07, 6.45) is 4.27. The Kier molecular flexibility index (Phi) is 6.40. The first kappa shape index (κ1) is 18.6. The van der Waals surface area contributed by atoms with E-state index >= 15 is 0 Å². The van der Waals surface area contributed by atoms with Gasteiger partial charge in [0, 0.05) is 17.3 Å². The van der Waals surface area contributed by atoms with Crippen LogP contribution in [0.2, 0.25) is 5.02 Å². The monoisotopic (exact) mass is 372 g/mol. The third kappa shape index (κ3) is 4.70. The van der Waals surface area contributed by atoms with Crippen molar-refractivity contribution >= 4 is 23.3 Å². The standard InChI is InChI=1S/C21H25ClN2O2/c1-2-26-19-13-11-18(12-14-19)23-21(25)24-15-5-3-4-6-20(24)16-7-9-17(22)10-8-16/h7-14,20H,2-6,15H2,1H3,(H,23,25). The van der Waals surface area contributed by atoms with E-state index in [1.54, 1.807) is 0 Å². The van der Waals surface area contributed by atoms with E-state index in [1.165, 1.54) is 0 Å². The Labute approximate surface area is 160 Å². The molecule has 138 valence electrons. The summed E-state index contributed by atoms with van der Waals surface area (Å²) in [5.41, 5.74) is 1.91. The Bertz CT molecular complexity index is 716. The summed E-state index contributed by atoms with van der Waals surface area (Å²) in [6.45, 7) is 3.34. The minimum Gasteiger partial charge on any atom is -0.494 e. The summed E-state index contributed by atoms with van der Waals surface area (Å²) < 4.78 is 5.45. The lowest BCUT2D eigenvalue weighted by atomic mass is 10.0. The van der Waals surface area contributed by atoms with Gasteiger partial charge in [0.2, 0.25) is 0 Å². The van der Waals surface area contributed by atoms with Crippen molar-refractivity contribution < 1.29 is 9.53 Å². The Morgan fingerprint density at radius 3 is 2.54 bits per heavy atom. The van der Waals surface area contributed by atoms with Gasteiger partial charge in [-0.2, -0.15) is 0 Å². The van der Waals surface area contributed by atoms with Gasteiger partial charge in [-0.1, -0.05) is 36.6 Å². The second kappa shape index (κ2) is 8.95. The number of likely N-dealkylation sites (tertiary alicyclic amines) is 1. The molecule has 3 rings (SSSR count). The first-order chi connectivity index (χ1) is 12.7. The van der Waals surface area contributed by atoms with Crippen LogP contribution in [0.5, 0.6) is 5.75 Å². The topological polar surface area (TPSA) is 41.6 Å². The number of hydrogen-bond acceptors (Lipinski definition) is 2. The van der Waals surface area contributed by atoms with Crippen LogP contribution in [0.15, 0.2) is 48.5 Å². The molecule has 1 N–H and O–H groups in total. The number of hydrogen-bond donors (Lipinski definition) is 1. The molecule has 2 amide bonds. The number of benzene rings is 2. The molecular weight excluding hydrogens is 348 g/mol. The lowest BCUT2D eigenvalue weighted by Gasteiger charge is -2.30. The number of carbonyl (C=O) groups is 1. The molecule has 5 heteroatoms. The van der Waals surface area contributed by atoms with Crippen molar-refractivity contribution in [2.75, 3.05) is 18.5 Å². The first-order valence-electron chi connectivity index (χ1n) is 9.23. The summed E-state index contributed by atoms with van der Waals surface area (Å²) in [5, 5.41) is 3.74. The summed E-state index contributed by atoms with van der Waals surface area (Å²) in [4.78, 5) is 14.9. The van der Waals surface area contributed by atoms with Gasteiger partial charge in [0.1, 0.15) is 5.75 Å². The highest BCUT2D eigenvalue weighted by molar-refractivity contribution is 6.30. The third-order valence-electron chi connectivity index (χ3n) is 4.69. The molecule has 1 unspecified atom stereocenters. The smallest absolute Gasteiger partial charge is 0.322 e. The Morgan fingerprint density at radius 1 is 1.12 bits per heavy atom. The summed E-state index contributed by atoms with van der Waals surface area (Å²) >= 11 is 6.02. The zero-order valence-corrected chi connectivity index (χ0v) is 15.8. The second-order valence-corrected chi connectivity index (χ2v) is 6.93. The van der Waals surface area contributed by atoms with Crippen LogP contribution in [0.4, 0.5) is 10.5 Å². The number of urea groups is 1. The van der Waals surface area contributed by atoms with Crippen molar-refractivity contribution in [3.05, 3.63) is 59.1 Å². The lowest BCUT2D eigenvalue weighted by molar-refractivity contribution is 0.189. The molecule has 1 aliphatic rings. The van der Waals surface area contributed by atoms with Crippen LogP contribution in [0, 0.1) is 0 Å². The van der Waals surface area contributed by atoms with E-state index in [0.29, 0.717) is 11.6 Å². The SMILES string of the molecule is CCOc1ccc(NC(=O)N2CCCCCC2c2ccc(Cl)cc2)cc1. The van der Waals surface area contributed by atoms with Gasteiger partial charge in [0.15, 0.2) is 0 Å². The molecule has 1 atom stereocenters. The van der Waals surface area contributed by atoms with E-state index < -0.39 is 0 Å². The highest BCUT2D eigenvalue weighted by Crippen LogP contribution is 2.31. The van der Waals surface area contributed by atoms with Crippen LogP contribution in [-0.2, 0) is 0 Å². The number of nitrogens with zero attached hydrogens (tertiary/aromatic N) is 1. The normalized spacial score (nSPS) is 17.5. The predicted molar refractivity (Wildman–Crippen MR) is 106 cm³/mol. The minimum atomic E-state index is -0.0593. The van der Waals surface area contributed by atoms with Gasteiger partial charge in [-0.15, -0.1) is 0 Å². The van der Waals surface area contributed by atoms with Gasteiger partial charge in [0.05, 0.1) is 12.6 Å². The van der Waals surface area contributed by atoms with E-state index in [-0.39, 0.29) is 12.1 Å². The van der Waals surface area contributed by atoms with Crippen LogP contribution in [0.1, 0.15) is 44.2 Å². The van der Waals surface area contributed by atoms with Crippen molar-refractivity contribution in [1.29, 1.82) is 0 Å². The van der Waals surface area contributed by atoms with E-state index in [0.717, 1.165) is 49.2 Å². The number of anilines is 1. The molecule has 0 aromatic heterocycles. The van der Waals surface area contributed by atoms with Gasteiger partial charge in [-0.25, -0.2) is 4.79 Å². The maximum Gasteiger partial charge on any atom is 0.322 e. The van der Waals surface area contributed by atoms with E-state index in [1.807, 2.05) is 60.4 Å². The average molecular weight is 373 g/mol. The van der Waals surface area contributed by atoms with Crippen molar-refractivity contribution in [3.63, 3.8) is 0 Å². The fraction of sp³-hybridized carbons (Fsp3) is 0.381. The van der Waals surface area contributed by atoms with Crippen LogP contribution in [0.25, 0.3) is 0 Å². The molecule has 1 heterocycles. The molecule has 1 aliphatic heterocycles. The Morgan fingerprint density at radius 2 is 1.85 bits per heavy atom. The van der Waals surface area contributed by atoms with Crippen LogP contribution in [0.3, 0.4) is 0 Å². The zero-order chi connectivity index (χ0) is 18.4. The molecule has 0 aliphatic carbocycles. The van der Waals surface area contributed by atoms with Crippen molar-refractivity contribution in [2.24, 2.45) is 0 Å². The molecule has 0 spiro atoms. The molecule has 0 saturated carbocycles. The number of rotatable bonds is 4. The molecule has 4 nitrogen and oxygen atoms in total. The van der Waals surface area contributed by atoms with Gasteiger partial charge in [-0.05, 0) is 61.7 Å². The number of nitrogens with one attached hydrogen (secondary N) is 1. The minimum absolute atomic E-state index is 0.0593. The number of halogens is 1. The summed E-state index contributed by atoms with van der Waals surface area (Å²) in [5.74, 6) is 0.805. The largest absolute Gasteiger partial charge is 0.494 e. The number of ether oxygens (including phenoxy) is 1. The highest BCUT2D eigenvalue weighted by atomic mass is 35.5. The van der Waals surface area contributed by atoms with Gasteiger partial charge >= 0.3 is 6.03 Å². The Hall–Kier alpha value is -2.20. The fourth-order valence-corrected chi connectivity index (χ4v) is 3.51. The molecule has 2 aromatic rings. The second-order valence-electron chi connectivity index (χ2n) is 6.50. The summed E-state index contributed by atoms with van der Waals surface area (Å²) in [6, 6.07) is 15.3. The maximum atomic E-state index is 12.9. The average Bonchev–Trinajstić information content (AvgIpc) is 2.90. The molecule has 0 radical (unpaired) electrons. The maximum absolute atomic E-state index is 12.9. The molecule has 1 saturated heterocycles. The predicted octanol–water partition coefficient (Wildman–Crippen LogP) is 5.89. The van der Waals surface area contributed by atoms with E-state index in [9.17, 15) is 4.79 Å². The Balaban J connectivity index is 1.74. The number of carbonyl (C=O) groups excluding carboxylic acids is 1.